The molecule has 0 aromatic carbocycles. The fraction of sp³-hybridized carbons (Fsp3) is 0.909. The Morgan fingerprint density at radius 3 is 2.38 bits per heavy atom. The van der Waals surface area contributed by atoms with Crippen LogP contribution in [0.5, 0.6) is 0 Å². The van der Waals surface area contributed by atoms with E-state index in [9.17, 15) is 15.0 Å². The zero-order valence-corrected chi connectivity index (χ0v) is 25.4. The van der Waals surface area contributed by atoms with Gasteiger partial charge in [-0.15, -0.1) is 0 Å². The predicted octanol–water partition coefficient (Wildman–Crippen LogP) is 6.18. The van der Waals surface area contributed by atoms with Crippen LogP contribution in [0.1, 0.15) is 113 Å². The molecule has 0 aromatic rings. The molecule has 2 N–H and O–H groups in total. The second-order valence-electron chi connectivity index (χ2n) is 15.6. The maximum Gasteiger partial charge on any atom is 0.308 e. The third kappa shape index (κ3) is 5.74. The van der Waals surface area contributed by atoms with E-state index < -0.39 is 11.4 Å². The van der Waals surface area contributed by atoms with Crippen LogP contribution in [0.15, 0.2) is 12.2 Å². The minimum atomic E-state index is -0.777. The van der Waals surface area contributed by atoms with Gasteiger partial charge in [-0.1, -0.05) is 26.0 Å². The van der Waals surface area contributed by atoms with Crippen molar-refractivity contribution in [3.05, 3.63) is 12.2 Å². The van der Waals surface area contributed by atoms with Crippen LogP contribution in [-0.2, 0) is 19.0 Å². The van der Waals surface area contributed by atoms with E-state index in [1.807, 2.05) is 34.6 Å². The van der Waals surface area contributed by atoms with Crippen LogP contribution in [0, 0.1) is 40.4 Å². The van der Waals surface area contributed by atoms with Gasteiger partial charge in [0.25, 0.3) is 0 Å². The zero-order valence-electron chi connectivity index (χ0n) is 25.4. The molecule has 1 saturated heterocycles. The lowest BCUT2D eigenvalue weighted by Gasteiger charge is -2.62. The number of esters is 1. The Bertz CT molecular complexity index is 937. The number of allylic oxidation sites excluding steroid dienone is 1. The third-order valence-corrected chi connectivity index (χ3v) is 11.6. The minimum absolute atomic E-state index is 0.119. The van der Waals surface area contributed by atoms with Crippen LogP contribution in [-0.4, -0.2) is 52.0 Å². The summed E-state index contributed by atoms with van der Waals surface area (Å²) in [6.45, 7) is 14.3. The van der Waals surface area contributed by atoms with Crippen LogP contribution in [0.25, 0.3) is 0 Å². The number of carbonyl (C=O) groups excluding carboxylic acids is 1. The molecule has 6 nitrogen and oxygen atoms in total. The van der Waals surface area contributed by atoms with Crippen LogP contribution >= 0.6 is 0 Å². The molecule has 5 aliphatic rings. The molecule has 1 aliphatic heterocycles. The summed E-state index contributed by atoms with van der Waals surface area (Å²) in [5.74, 6) is 1.67. The van der Waals surface area contributed by atoms with Gasteiger partial charge in [-0.2, -0.15) is 0 Å². The second kappa shape index (κ2) is 10.4. The second-order valence-corrected chi connectivity index (χ2v) is 15.6. The van der Waals surface area contributed by atoms with Gasteiger partial charge < -0.3 is 24.4 Å². The van der Waals surface area contributed by atoms with E-state index in [2.05, 4.69) is 26.0 Å². The Balaban J connectivity index is 1.28. The van der Waals surface area contributed by atoms with Gasteiger partial charge in [0, 0.05) is 11.8 Å². The SMILES string of the molecule is CC(C)(C)OC(=O)C[C@@H]1C[C@H](/C=C/C2CC[C@H]3[C@@H]4CC[C@@H]5C[C@H](O)CC[C@]5(C)[C@H]4C[C@H](O)[C@]23C)OC(C)(C)O1. The predicted molar refractivity (Wildman–Crippen MR) is 151 cm³/mol. The highest BCUT2D eigenvalue weighted by Crippen LogP contribution is 2.67. The van der Waals surface area contributed by atoms with Crippen molar-refractivity contribution in [3.8, 4) is 0 Å². The van der Waals surface area contributed by atoms with Crippen LogP contribution in [0.4, 0.5) is 0 Å². The molecular weight excluding hydrogens is 492 g/mol. The maximum atomic E-state index is 12.5. The summed E-state index contributed by atoms with van der Waals surface area (Å²) in [5.41, 5.74) is -0.380. The Morgan fingerprint density at radius 1 is 0.923 bits per heavy atom. The summed E-state index contributed by atoms with van der Waals surface area (Å²) in [4.78, 5) is 12.5. The molecule has 0 bridgehead atoms. The molecule has 1 unspecified atom stereocenters. The fourth-order valence-electron chi connectivity index (χ4n) is 9.79. The van der Waals surface area contributed by atoms with Crippen molar-refractivity contribution in [2.45, 2.75) is 148 Å². The van der Waals surface area contributed by atoms with E-state index in [-0.39, 0.29) is 47.6 Å². The van der Waals surface area contributed by atoms with Gasteiger partial charge in [0.05, 0.1) is 30.8 Å². The Morgan fingerprint density at radius 2 is 1.67 bits per heavy atom. The quantitative estimate of drug-likeness (QED) is 0.324. The van der Waals surface area contributed by atoms with E-state index in [4.69, 9.17) is 14.2 Å². The van der Waals surface area contributed by atoms with E-state index in [1.54, 1.807) is 0 Å². The van der Waals surface area contributed by atoms with Gasteiger partial charge in [-0.3, -0.25) is 4.79 Å². The number of aliphatic hydroxyl groups is 2. The first-order chi connectivity index (χ1) is 18.1. The summed E-state index contributed by atoms with van der Waals surface area (Å²) in [6.07, 6.45) is 13.1. The normalized spacial score (nSPS) is 47.8. The summed E-state index contributed by atoms with van der Waals surface area (Å²) in [6, 6.07) is 0. The van der Waals surface area contributed by atoms with Gasteiger partial charge in [0.15, 0.2) is 5.79 Å². The van der Waals surface area contributed by atoms with Crippen molar-refractivity contribution < 1.29 is 29.2 Å². The van der Waals surface area contributed by atoms with Crippen molar-refractivity contribution in [1.29, 1.82) is 0 Å². The molecule has 1 heterocycles. The number of rotatable bonds is 4. The molecule has 5 fully saturated rings. The molecule has 4 saturated carbocycles. The lowest BCUT2D eigenvalue weighted by atomic mass is 9.44. The number of hydrogen-bond donors (Lipinski definition) is 2. The minimum Gasteiger partial charge on any atom is -0.460 e. The first-order valence-corrected chi connectivity index (χ1v) is 15.7. The fourth-order valence-corrected chi connectivity index (χ4v) is 9.79. The standard InChI is InChI=1S/C33H54O6/c1-30(2,3)39-29(36)18-24-17-23(37-31(4,5)38-24)11-8-20-10-13-26-25-12-9-21-16-22(34)14-15-32(21,6)27(25)19-28(35)33(20,26)7/h8,11,20-28,34-35H,9-10,12-19H2,1-7H3/b11-8+/t20?,21-,22-,23+,24+,25+,26+,27+,28+,32+,33-/m1/s1. The topological polar surface area (TPSA) is 85.2 Å². The molecule has 39 heavy (non-hydrogen) atoms. The Hall–Kier alpha value is -0.950. The van der Waals surface area contributed by atoms with Crippen molar-refractivity contribution in [1.82, 2.24) is 0 Å². The number of hydrogen-bond acceptors (Lipinski definition) is 6. The molecule has 0 amide bonds. The van der Waals surface area contributed by atoms with Crippen molar-refractivity contribution in [2.75, 3.05) is 0 Å². The third-order valence-electron chi connectivity index (χ3n) is 11.6. The average molecular weight is 547 g/mol. The molecule has 5 rings (SSSR count). The summed E-state index contributed by atoms with van der Waals surface area (Å²) < 4.78 is 17.9. The number of ether oxygens (including phenoxy) is 3. The van der Waals surface area contributed by atoms with Gasteiger partial charge in [0.2, 0.25) is 0 Å². The highest BCUT2D eigenvalue weighted by Gasteiger charge is 2.62. The monoisotopic (exact) mass is 546 g/mol. The molecular formula is C33H54O6. The number of carbonyl (C=O) groups is 1. The van der Waals surface area contributed by atoms with Crippen LogP contribution in [0.3, 0.4) is 0 Å². The molecule has 11 atom stereocenters. The highest BCUT2D eigenvalue weighted by atomic mass is 16.7. The van der Waals surface area contributed by atoms with Gasteiger partial charge >= 0.3 is 5.97 Å². The van der Waals surface area contributed by atoms with E-state index >= 15 is 0 Å². The van der Waals surface area contributed by atoms with E-state index in [1.165, 1.54) is 19.3 Å². The van der Waals surface area contributed by atoms with Gasteiger partial charge in [-0.05, 0) is 121 Å². The summed E-state index contributed by atoms with van der Waals surface area (Å²) in [7, 11) is 0. The van der Waals surface area contributed by atoms with E-state index in [0.717, 1.165) is 32.1 Å². The van der Waals surface area contributed by atoms with E-state index in [0.29, 0.717) is 36.0 Å². The lowest BCUT2D eigenvalue weighted by molar-refractivity contribution is -0.290. The molecule has 0 aromatic heterocycles. The largest absolute Gasteiger partial charge is 0.460 e. The van der Waals surface area contributed by atoms with Crippen molar-refractivity contribution in [3.63, 3.8) is 0 Å². The van der Waals surface area contributed by atoms with Gasteiger partial charge in [0.1, 0.15) is 5.60 Å². The first kappa shape index (κ1) is 29.5. The zero-order chi connectivity index (χ0) is 28.4. The Labute approximate surface area is 236 Å². The molecule has 0 spiro atoms. The molecule has 6 heteroatoms. The molecule has 222 valence electrons. The lowest BCUT2D eigenvalue weighted by Crippen LogP contribution is -2.58. The van der Waals surface area contributed by atoms with Crippen LogP contribution in [0.2, 0.25) is 0 Å². The maximum absolute atomic E-state index is 12.5. The molecule has 0 radical (unpaired) electrons. The summed E-state index contributed by atoms with van der Waals surface area (Å²) in [5, 5.41) is 22.1. The average Bonchev–Trinajstić information content (AvgIpc) is 3.14. The molecule has 4 aliphatic carbocycles. The smallest absolute Gasteiger partial charge is 0.308 e. The number of aliphatic hydroxyl groups excluding tert-OH is 2. The Kier molecular flexibility index (Phi) is 7.88. The highest BCUT2D eigenvalue weighted by molar-refractivity contribution is 5.70. The van der Waals surface area contributed by atoms with Crippen molar-refractivity contribution >= 4 is 5.97 Å². The first-order valence-electron chi connectivity index (χ1n) is 15.7. The van der Waals surface area contributed by atoms with Crippen LogP contribution < -0.4 is 0 Å². The summed E-state index contributed by atoms with van der Waals surface area (Å²) >= 11 is 0. The van der Waals surface area contributed by atoms with Gasteiger partial charge in [-0.25, -0.2) is 0 Å². The van der Waals surface area contributed by atoms with Crippen molar-refractivity contribution in [2.24, 2.45) is 40.4 Å². The number of fused-ring (bicyclic) bond motifs is 5.